The molecule has 0 radical (unpaired) electrons. The molecule has 0 saturated carbocycles. The minimum absolute atomic E-state index is 0.0523. The van der Waals surface area contributed by atoms with Crippen LogP contribution in [0.25, 0.3) is 16.9 Å². The Balaban J connectivity index is 1.85. The standard InChI is InChI=1S/C23H24N2O3/c1-4-15(2)24-23(26)19-13-20(17-8-6-5-7-9-17)25(16(19)3)18-10-11-21-22(12-18)28-14-27-21/h5-13,15H,4,14H2,1-3H3,(H,24,26)/t15-/m1/s1. The van der Waals surface area contributed by atoms with Gasteiger partial charge < -0.3 is 19.4 Å². The first kappa shape index (κ1) is 18.2. The Labute approximate surface area is 164 Å². The first-order valence-corrected chi connectivity index (χ1v) is 9.57. The summed E-state index contributed by atoms with van der Waals surface area (Å²) in [6, 6.07) is 18.0. The van der Waals surface area contributed by atoms with E-state index in [4.69, 9.17) is 9.47 Å². The molecule has 1 amide bonds. The number of aromatic nitrogens is 1. The van der Waals surface area contributed by atoms with Crippen molar-refractivity contribution in [2.75, 3.05) is 6.79 Å². The zero-order valence-electron chi connectivity index (χ0n) is 16.4. The second kappa shape index (κ2) is 7.43. The lowest BCUT2D eigenvalue weighted by atomic mass is 10.1. The van der Waals surface area contributed by atoms with Gasteiger partial charge in [0, 0.05) is 23.5 Å². The Morgan fingerprint density at radius 1 is 1.11 bits per heavy atom. The summed E-state index contributed by atoms with van der Waals surface area (Å²) < 4.78 is 13.1. The highest BCUT2D eigenvalue weighted by Gasteiger charge is 2.22. The maximum Gasteiger partial charge on any atom is 0.253 e. The molecule has 1 aliphatic heterocycles. The van der Waals surface area contributed by atoms with E-state index in [1.165, 1.54) is 0 Å². The highest BCUT2D eigenvalue weighted by atomic mass is 16.7. The average Bonchev–Trinajstić information content (AvgIpc) is 3.32. The summed E-state index contributed by atoms with van der Waals surface area (Å²) in [5, 5.41) is 3.07. The highest BCUT2D eigenvalue weighted by Crippen LogP contribution is 2.36. The number of ether oxygens (including phenoxy) is 2. The van der Waals surface area contributed by atoms with E-state index in [9.17, 15) is 4.79 Å². The van der Waals surface area contributed by atoms with Crippen LogP contribution >= 0.6 is 0 Å². The van der Waals surface area contributed by atoms with E-state index in [1.807, 2.05) is 56.3 Å². The Bertz CT molecular complexity index is 1010. The Morgan fingerprint density at radius 2 is 1.86 bits per heavy atom. The number of hydrogen-bond donors (Lipinski definition) is 1. The van der Waals surface area contributed by atoms with Crippen molar-refractivity contribution in [1.29, 1.82) is 0 Å². The second-order valence-corrected chi connectivity index (χ2v) is 7.05. The van der Waals surface area contributed by atoms with E-state index in [2.05, 4.69) is 28.9 Å². The van der Waals surface area contributed by atoms with Gasteiger partial charge in [0.05, 0.1) is 11.3 Å². The number of nitrogens with one attached hydrogen (secondary N) is 1. The van der Waals surface area contributed by atoms with Gasteiger partial charge in [-0.2, -0.15) is 0 Å². The van der Waals surface area contributed by atoms with Crippen LogP contribution in [-0.2, 0) is 0 Å². The van der Waals surface area contributed by atoms with Crippen LogP contribution in [0, 0.1) is 6.92 Å². The molecular formula is C23H24N2O3. The highest BCUT2D eigenvalue weighted by molar-refractivity contribution is 5.97. The van der Waals surface area contributed by atoms with Crippen molar-refractivity contribution in [3.05, 3.63) is 65.9 Å². The summed E-state index contributed by atoms with van der Waals surface area (Å²) in [6.07, 6.45) is 0.888. The van der Waals surface area contributed by atoms with Crippen molar-refractivity contribution in [2.45, 2.75) is 33.2 Å². The lowest BCUT2D eigenvalue weighted by Crippen LogP contribution is -2.32. The molecule has 2 heterocycles. The van der Waals surface area contributed by atoms with Crippen molar-refractivity contribution < 1.29 is 14.3 Å². The van der Waals surface area contributed by atoms with Gasteiger partial charge in [0.2, 0.25) is 6.79 Å². The molecule has 0 unspecified atom stereocenters. The number of carbonyl (C=O) groups excluding carboxylic acids is 1. The number of fused-ring (bicyclic) bond motifs is 1. The van der Waals surface area contributed by atoms with Gasteiger partial charge >= 0.3 is 0 Å². The zero-order chi connectivity index (χ0) is 19.7. The van der Waals surface area contributed by atoms with Gasteiger partial charge in [0.15, 0.2) is 11.5 Å². The van der Waals surface area contributed by atoms with E-state index >= 15 is 0 Å². The third kappa shape index (κ3) is 3.24. The number of benzene rings is 2. The van der Waals surface area contributed by atoms with Crippen molar-refractivity contribution in [3.8, 4) is 28.4 Å². The van der Waals surface area contributed by atoms with Crippen LogP contribution in [0.3, 0.4) is 0 Å². The van der Waals surface area contributed by atoms with Gasteiger partial charge in [-0.05, 0) is 44.0 Å². The molecule has 0 fully saturated rings. The van der Waals surface area contributed by atoms with E-state index in [1.54, 1.807) is 0 Å². The molecule has 144 valence electrons. The molecule has 1 N–H and O–H groups in total. The molecule has 4 rings (SSSR count). The Kier molecular flexibility index (Phi) is 4.82. The number of amides is 1. The first-order chi connectivity index (χ1) is 13.6. The molecule has 1 aliphatic rings. The summed E-state index contributed by atoms with van der Waals surface area (Å²) in [5.74, 6) is 1.41. The molecule has 0 aliphatic carbocycles. The summed E-state index contributed by atoms with van der Waals surface area (Å²) in [4.78, 5) is 12.9. The smallest absolute Gasteiger partial charge is 0.253 e. The molecule has 0 spiro atoms. The van der Waals surface area contributed by atoms with Crippen LogP contribution in [0.5, 0.6) is 11.5 Å². The lowest BCUT2D eigenvalue weighted by Gasteiger charge is -2.14. The Morgan fingerprint density at radius 3 is 2.61 bits per heavy atom. The zero-order valence-corrected chi connectivity index (χ0v) is 16.4. The minimum atomic E-state index is -0.0523. The van der Waals surface area contributed by atoms with Crippen LogP contribution in [-0.4, -0.2) is 23.3 Å². The SMILES string of the molecule is CC[C@@H](C)NC(=O)c1cc(-c2ccccc2)n(-c2ccc3c(c2)OCO3)c1C. The minimum Gasteiger partial charge on any atom is -0.454 e. The van der Waals surface area contributed by atoms with Crippen LogP contribution < -0.4 is 14.8 Å². The molecule has 1 atom stereocenters. The van der Waals surface area contributed by atoms with Crippen molar-refractivity contribution in [3.63, 3.8) is 0 Å². The third-order valence-corrected chi connectivity index (χ3v) is 5.17. The quantitative estimate of drug-likeness (QED) is 0.702. The number of carbonyl (C=O) groups is 1. The van der Waals surface area contributed by atoms with Gasteiger partial charge in [-0.25, -0.2) is 0 Å². The monoisotopic (exact) mass is 376 g/mol. The summed E-state index contributed by atoms with van der Waals surface area (Å²) in [7, 11) is 0. The fraction of sp³-hybridized carbons (Fsp3) is 0.261. The third-order valence-electron chi connectivity index (χ3n) is 5.17. The van der Waals surface area contributed by atoms with E-state index in [0.29, 0.717) is 5.56 Å². The van der Waals surface area contributed by atoms with Crippen molar-refractivity contribution in [1.82, 2.24) is 9.88 Å². The molecule has 2 aromatic carbocycles. The van der Waals surface area contributed by atoms with Gasteiger partial charge in [-0.3, -0.25) is 4.79 Å². The molecular weight excluding hydrogens is 352 g/mol. The summed E-state index contributed by atoms with van der Waals surface area (Å²) in [5.41, 5.74) is 4.51. The maximum atomic E-state index is 12.9. The molecule has 0 bridgehead atoms. The van der Waals surface area contributed by atoms with E-state index in [-0.39, 0.29) is 18.7 Å². The maximum absolute atomic E-state index is 12.9. The van der Waals surface area contributed by atoms with Gasteiger partial charge in [-0.1, -0.05) is 37.3 Å². The number of hydrogen-bond acceptors (Lipinski definition) is 3. The fourth-order valence-corrected chi connectivity index (χ4v) is 3.42. The fourth-order valence-electron chi connectivity index (χ4n) is 3.42. The molecule has 3 aromatic rings. The Hall–Kier alpha value is -3.21. The van der Waals surface area contributed by atoms with Crippen molar-refractivity contribution in [2.24, 2.45) is 0 Å². The first-order valence-electron chi connectivity index (χ1n) is 9.57. The van der Waals surface area contributed by atoms with Crippen molar-refractivity contribution >= 4 is 5.91 Å². The van der Waals surface area contributed by atoms with Crippen LogP contribution in [0.2, 0.25) is 0 Å². The van der Waals surface area contributed by atoms with Crippen LogP contribution in [0.4, 0.5) is 0 Å². The molecule has 5 nitrogen and oxygen atoms in total. The normalized spacial score (nSPS) is 13.4. The predicted molar refractivity (Wildman–Crippen MR) is 109 cm³/mol. The largest absolute Gasteiger partial charge is 0.454 e. The van der Waals surface area contributed by atoms with E-state index in [0.717, 1.165) is 40.6 Å². The van der Waals surface area contributed by atoms with Gasteiger partial charge in [-0.15, -0.1) is 0 Å². The number of nitrogens with zero attached hydrogens (tertiary/aromatic N) is 1. The number of rotatable bonds is 5. The summed E-state index contributed by atoms with van der Waals surface area (Å²) in [6.45, 7) is 6.28. The topological polar surface area (TPSA) is 52.5 Å². The molecule has 1 aromatic heterocycles. The lowest BCUT2D eigenvalue weighted by molar-refractivity contribution is 0.0938. The van der Waals surface area contributed by atoms with Crippen LogP contribution in [0.1, 0.15) is 36.3 Å². The molecule has 0 saturated heterocycles. The molecule has 28 heavy (non-hydrogen) atoms. The second-order valence-electron chi connectivity index (χ2n) is 7.05. The van der Waals surface area contributed by atoms with Gasteiger partial charge in [0.25, 0.3) is 5.91 Å². The van der Waals surface area contributed by atoms with E-state index < -0.39 is 0 Å². The molecule has 5 heteroatoms. The average molecular weight is 376 g/mol. The predicted octanol–water partition coefficient (Wildman–Crippen LogP) is 4.71. The summed E-state index contributed by atoms with van der Waals surface area (Å²) >= 11 is 0. The van der Waals surface area contributed by atoms with Crippen LogP contribution in [0.15, 0.2) is 54.6 Å². The van der Waals surface area contributed by atoms with Gasteiger partial charge in [0.1, 0.15) is 0 Å².